The summed E-state index contributed by atoms with van der Waals surface area (Å²) in [7, 11) is 0. The maximum Gasteiger partial charge on any atom is 0.326 e. The van der Waals surface area contributed by atoms with Crippen molar-refractivity contribution in [2.75, 3.05) is 19.6 Å². The number of aliphatic hydroxyl groups is 1. The third-order valence-electron chi connectivity index (χ3n) is 15.5. The highest BCUT2D eigenvalue weighted by molar-refractivity contribution is 6.00. The number of carboxylic acid groups (broad SMARTS) is 3. The summed E-state index contributed by atoms with van der Waals surface area (Å²) in [5, 5.41) is 75.0. The number of hydrogen-bond donors (Lipinski definition) is 22. The van der Waals surface area contributed by atoms with Crippen molar-refractivity contribution in [2.45, 2.75) is 229 Å². The normalized spacial score (nSPS) is 15.0. The second-order valence-corrected chi connectivity index (χ2v) is 25.2. The lowest BCUT2D eigenvalue weighted by Crippen LogP contribution is -2.62. The molecule has 0 saturated heterocycles. The molecule has 1 rings (SSSR count). The predicted octanol–water partition coefficient (Wildman–Crippen LogP) is -6.35. The first kappa shape index (κ1) is 89.4. The van der Waals surface area contributed by atoms with E-state index in [1.165, 1.54) is 38.1 Å². The third kappa shape index (κ3) is 35.3. The zero-order valence-electron chi connectivity index (χ0n) is 57.8. The van der Waals surface area contributed by atoms with E-state index in [-0.39, 0.29) is 82.7 Å². The molecule has 13 atom stereocenters. The minimum atomic E-state index is -1.93. The van der Waals surface area contributed by atoms with E-state index >= 15 is 0 Å². The molecule has 0 unspecified atom stereocenters. The molecule has 0 radical (unpaired) electrons. The number of amides is 13. The molecule has 1 aromatic rings. The van der Waals surface area contributed by atoms with Crippen LogP contribution in [0.1, 0.15) is 150 Å². The van der Waals surface area contributed by atoms with Crippen LogP contribution in [0.4, 0.5) is 0 Å². The first-order valence-electron chi connectivity index (χ1n) is 33.2. The lowest BCUT2D eigenvalue weighted by atomic mass is 10.00. The lowest BCUT2D eigenvalue weighted by Gasteiger charge is -2.29. The van der Waals surface area contributed by atoms with Gasteiger partial charge >= 0.3 is 17.9 Å². The van der Waals surface area contributed by atoms with Crippen LogP contribution in [0.25, 0.3) is 0 Å². The number of carboxylic acids is 3. The van der Waals surface area contributed by atoms with Crippen LogP contribution in [-0.4, -0.2) is 218 Å². The Hall–Kier alpha value is -9.66. The maximum absolute atomic E-state index is 14.4. The molecule has 38 nitrogen and oxygen atoms in total. The van der Waals surface area contributed by atoms with Crippen LogP contribution in [0.5, 0.6) is 5.75 Å². The average molecular weight is 1440 g/mol. The quantitative estimate of drug-likeness (QED) is 0.0270. The third-order valence-corrected chi connectivity index (χ3v) is 15.5. The molecule has 0 fully saturated rings. The molecule has 0 bridgehead atoms. The molecule has 0 spiro atoms. The number of hydrogen-bond acceptors (Lipinski definition) is 22. The molecule has 0 saturated carbocycles. The van der Waals surface area contributed by atoms with Crippen molar-refractivity contribution < 1.29 is 102 Å². The van der Waals surface area contributed by atoms with Gasteiger partial charge in [0.15, 0.2) is 0 Å². The highest BCUT2D eigenvalue weighted by Crippen LogP contribution is 2.15. The molecular formula is C63H105N17O21. The number of carbonyl (C=O) groups excluding carboxylic acids is 13. The lowest BCUT2D eigenvalue weighted by molar-refractivity contribution is -0.147. The molecule has 38 heteroatoms. The number of aliphatic hydroxyl groups excluding tert-OH is 1. The van der Waals surface area contributed by atoms with Gasteiger partial charge in [0.2, 0.25) is 76.8 Å². The number of benzene rings is 1. The topological polar surface area (TPSA) is 663 Å². The number of phenols is 1. The minimum absolute atomic E-state index is 0.0307. The Morgan fingerprint density at radius 3 is 1.17 bits per heavy atom. The van der Waals surface area contributed by atoms with E-state index in [1.807, 2.05) is 5.32 Å². The zero-order chi connectivity index (χ0) is 76.8. The standard InChI is InChI=1S/C63H105N17O21/c1-31(2)27-43(59(96)78-45(63(100)101)30-49(87)88)77-57(94)42(21-23-48(85)86)75-56(93)41(20-22-46(68)83)71-52(89)33(5)70-62(99)51(34(6)81)80-61(98)50(32(3)4)79-58(95)40(15-9-12-26-66)73-54(91)38(13-7-10-24-64)72-55(92)39(14-8-11-25-65)74-60(97)44(29-47(69)84)76-53(90)37(67)28-35-16-18-36(82)19-17-35/h16-19,31-34,37-45,50-51,81-82H,7-15,20-30,64-67H2,1-6H3,(H2,68,83)(H2,69,84)(H,70,99)(H,71,89)(H,72,92)(H,73,91)(H,74,97)(H,75,93)(H,76,90)(H,77,94)(H,78,96)(H,79,95)(H,80,98)(H,85,86)(H,87,88)(H,100,101)/t33-,34+,37-,38-,39-,40-,41-,42-,43-,44-,45-,50-,51-/m0/s1. The molecule has 0 aliphatic carbocycles. The minimum Gasteiger partial charge on any atom is -0.508 e. The van der Waals surface area contributed by atoms with Crippen molar-refractivity contribution in [1.82, 2.24) is 58.5 Å². The monoisotopic (exact) mass is 1440 g/mol. The summed E-state index contributed by atoms with van der Waals surface area (Å²) in [6, 6.07) is -13.3. The van der Waals surface area contributed by atoms with Gasteiger partial charge in [0.1, 0.15) is 72.2 Å². The highest BCUT2D eigenvalue weighted by atomic mass is 16.4. The molecule has 1 aromatic carbocycles. The van der Waals surface area contributed by atoms with Crippen LogP contribution in [0.2, 0.25) is 0 Å². The fourth-order valence-electron chi connectivity index (χ4n) is 9.86. The summed E-state index contributed by atoms with van der Waals surface area (Å²) >= 11 is 0. The number of primary amides is 2. The number of phenolic OH excluding ortho intramolecular Hbond substituents is 1. The van der Waals surface area contributed by atoms with Crippen molar-refractivity contribution in [1.29, 1.82) is 0 Å². The number of rotatable bonds is 51. The van der Waals surface area contributed by atoms with Gasteiger partial charge in [-0.15, -0.1) is 0 Å². The van der Waals surface area contributed by atoms with E-state index in [0.717, 1.165) is 13.8 Å². The largest absolute Gasteiger partial charge is 0.508 e. The summed E-state index contributed by atoms with van der Waals surface area (Å²) in [6.07, 6.45) is -4.49. The molecule has 0 aliphatic rings. The molecule has 0 aliphatic heterocycles. The molecule has 13 amide bonds. The smallest absolute Gasteiger partial charge is 0.326 e. The Morgan fingerprint density at radius 1 is 0.396 bits per heavy atom. The first-order chi connectivity index (χ1) is 47.3. The van der Waals surface area contributed by atoms with Crippen molar-refractivity contribution >= 4 is 94.7 Å². The van der Waals surface area contributed by atoms with E-state index in [4.69, 9.17) is 39.5 Å². The first-order valence-corrected chi connectivity index (χ1v) is 33.2. The Labute approximate surface area is 584 Å². The average Bonchev–Trinajstić information content (AvgIpc) is 0.862. The van der Waals surface area contributed by atoms with Gasteiger partial charge in [-0.25, -0.2) is 4.79 Å². The van der Waals surface area contributed by atoms with E-state index < -0.39 is 218 Å². The van der Waals surface area contributed by atoms with Crippen molar-refractivity contribution in [3.8, 4) is 5.75 Å². The van der Waals surface area contributed by atoms with E-state index in [0.29, 0.717) is 24.8 Å². The van der Waals surface area contributed by atoms with Gasteiger partial charge in [-0.05, 0) is 146 Å². The summed E-state index contributed by atoms with van der Waals surface area (Å²) < 4.78 is 0. The number of nitrogens with one attached hydrogen (secondary N) is 11. The van der Waals surface area contributed by atoms with Crippen LogP contribution >= 0.6 is 0 Å². The molecular weight excluding hydrogens is 1330 g/mol. The second-order valence-electron chi connectivity index (χ2n) is 25.2. The Bertz CT molecular complexity index is 2980. The van der Waals surface area contributed by atoms with Gasteiger partial charge in [0, 0.05) is 12.8 Å². The number of aliphatic carboxylic acids is 3. The van der Waals surface area contributed by atoms with Gasteiger partial charge < -0.3 is 118 Å². The molecule has 568 valence electrons. The zero-order valence-corrected chi connectivity index (χ0v) is 57.8. The number of carbonyl (C=O) groups is 16. The van der Waals surface area contributed by atoms with Gasteiger partial charge in [0.05, 0.1) is 25.0 Å². The van der Waals surface area contributed by atoms with Crippen molar-refractivity contribution in [3.05, 3.63) is 29.8 Å². The van der Waals surface area contributed by atoms with Crippen molar-refractivity contribution in [3.63, 3.8) is 0 Å². The highest BCUT2D eigenvalue weighted by Gasteiger charge is 2.38. The summed E-state index contributed by atoms with van der Waals surface area (Å²) in [4.78, 5) is 212. The van der Waals surface area contributed by atoms with Gasteiger partial charge in [0.25, 0.3) is 0 Å². The van der Waals surface area contributed by atoms with Crippen LogP contribution in [0.15, 0.2) is 24.3 Å². The SMILES string of the molecule is CC(C)C[C@H](NC(=O)[C@H](CCC(=O)O)NC(=O)[C@H](CCC(N)=O)NC(=O)[C@H](C)NC(=O)[C@@H](NC(=O)[C@@H](NC(=O)[C@H](CCCCN)NC(=O)[C@H](CCCCN)NC(=O)[C@H](CCCCN)NC(=O)[C@H](CC(N)=O)NC(=O)[C@@H](N)Cc1ccc(O)cc1)C(C)C)[C@@H](C)O)C(=O)N[C@@H](CC(=O)O)C(=O)O. The van der Waals surface area contributed by atoms with Gasteiger partial charge in [-0.1, -0.05) is 39.8 Å². The fraction of sp³-hybridized carbons (Fsp3) is 0.651. The van der Waals surface area contributed by atoms with Crippen LogP contribution < -0.4 is 92.9 Å². The molecule has 28 N–H and O–H groups in total. The predicted molar refractivity (Wildman–Crippen MR) is 360 cm³/mol. The Balaban J connectivity index is 3.50. The maximum atomic E-state index is 14.4. The summed E-state index contributed by atoms with van der Waals surface area (Å²) in [5.41, 5.74) is 34.8. The van der Waals surface area contributed by atoms with Gasteiger partial charge in [-0.3, -0.25) is 71.9 Å². The molecule has 0 heterocycles. The van der Waals surface area contributed by atoms with Gasteiger partial charge in [-0.2, -0.15) is 0 Å². The second kappa shape index (κ2) is 46.6. The number of nitrogens with two attached hydrogens (primary N) is 6. The van der Waals surface area contributed by atoms with Crippen LogP contribution in [0, 0.1) is 11.8 Å². The number of aromatic hydroxyl groups is 1. The van der Waals surface area contributed by atoms with Crippen molar-refractivity contribution in [2.24, 2.45) is 46.2 Å². The Kier molecular flexibility index (Phi) is 41.3. The summed E-state index contributed by atoms with van der Waals surface area (Å²) in [5.74, 6) is -19.3. The number of unbranched alkanes of at least 4 members (excludes halogenated alkanes) is 3. The Morgan fingerprint density at radius 2 is 0.772 bits per heavy atom. The van der Waals surface area contributed by atoms with E-state index in [9.17, 15) is 97.1 Å². The summed E-state index contributed by atoms with van der Waals surface area (Å²) in [6.45, 7) is 9.03. The van der Waals surface area contributed by atoms with E-state index in [1.54, 1.807) is 13.8 Å². The van der Waals surface area contributed by atoms with Crippen LogP contribution in [0.3, 0.4) is 0 Å². The van der Waals surface area contributed by atoms with Crippen LogP contribution in [-0.2, 0) is 83.1 Å². The fourth-order valence-corrected chi connectivity index (χ4v) is 9.86. The molecule has 101 heavy (non-hydrogen) atoms. The van der Waals surface area contributed by atoms with E-state index in [2.05, 4.69) is 53.2 Å². The molecule has 0 aromatic heterocycles.